The molecule has 2 aliphatic rings. The van der Waals surface area contributed by atoms with Gasteiger partial charge in [0.2, 0.25) is 0 Å². The van der Waals surface area contributed by atoms with Crippen molar-refractivity contribution in [3.63, 3.8) is 0 Å². The summed E-state index contributed by atoms with van der Waals surface area (Å²) in [5.74, 6) is 0.886. The average Bonchev–Trinajstić information content (AvgIpc) is 3.37. The molecule has 0 unspecified atom stereocenters. The summed E-state index contributed by atoms with van der Waals surface area (Å²) >= 11 is 0. The van der Waals surface area contributed by atoms with E-state index in [1.54, 1.807) is 0 Å². The van der Waals surface area contributed by atoms with Gasteiger partial charge in [-0.25, -0.2) is 0 Å². The lowest BCUT2D eigenvalue weighted by molar-refractivity contribution is -0.0498. The number of benzene rings is 1. The van der Waals surface area contributed by atoms with E-state index >= 15 is 0 Å². The summed E-state index contributed by atoms with van der Waals surface area (Å²) in [5.41, 5.74) is 0.510. The van der Waals surface area contributed by atoms with Crippen molar-refractivity contribution in [2.45, 2.75) is 38.3 Å². The lowest BCUT2D eigenvalue weighted by atomic mass is 10.0. The van der Waals surface area contributed by atoms with Crippen LogP contribution in [0.15, 0.2) is 24.3 Å². The molecule has 1 aromatic carbocycles. The lowest BCUT2D eigenvalue weighted by Crippen LogP contribution is -2.45. The predicted octanol–water partition coefficient (Wildman–Crippen LogP) is 3.31. The van der Waals surface area contributed by atoms with Gasteiger partial charge in [-0.2, -0.15) is 8.78 Å². The normalized spacial score (nSPS) is 18.4. The first-order valence-corrected chi connectivity index (χ1v) is 8.19. The Morgan fingerprint density at radius 1 is 1.17 bits per heavy atom. The van der Waals surface area contributed by atoms with Gasteiger partial charge in [-0.3, -0.25) is 4.79 Å². The van der Waals surface area contributed by atoms with Gasteiger partial charge in [-0.15, -0.1) is 12.4 Å². The summed E-state index contributed by atoms with van der Waals surface area (Å²) in [6.45, 7) is -0.282. The molecule has 1 amide bonds. The second-order valence-corrected chi connectivity index (χ2v) is 6.32. The Hall–Kier alpha value is -1.40. The Morgan fingerprint density at radius 3 is 2.33 bits per heavy atom. The molecule has 2 fully saturated rings. The second-order valence-electron chi connectivity index (χ2n) is 6.32. The topological polar surface area (TPSA) is 41.6 Å². The third kappa shape index (κ3) is 5.31. The van der Waals surface area contributed by atoms with Gasteiger partial charge in [0.05, 0.1) is 0 Å². The molecular weight excluding hydrogens is 338 g/mol. The summed E-state index contributed by atoms with van der Waals surface area (Å²) in [6.07, 6.45) is 4.61. The maximum atomic E-state index is 12.4. The minimum Gasteiger partial charge on any atom is -0.435 e. The van der Waals surface area contributed by atoms with Gasteiger partial charge in [-0.1, -0.05) is 0 Å². The molecule has 24 heavy (non-hydrogen) atoms. The van der Waals surface area contributed by atoms with Crippen LogP contribution >= 0.6 is 12.4 Å². The van der Waals surface area contributed by atoms with E-state index in [-0.39, 0.29) is 24.1 Å². The van der Waals surface area contributed by atoms with Crippen LogP contribution in [-0.2, 0) is 0 Å². The number of halogens is 3. The first-order chi connectivity index (χ1) is 11.1. The maximum Gasteiger partial charge on any atom is 0.387 e. The van der Waals surface area contributed by atoms with Crippen molar-refractivity contribution in [3.8, 4) is 5.75 Å². The van der Waals surface area contributed by atoms with Crippen molar-refractivity contribution in [3.05, 3.63) is 29.8 Å². The fraction of sp³-hybridized carbons (Fsp3) is 0.588. The quantitative estimate of drug-likeness (QED) is 0.846. The summed E-state index contributed by atoms with van der Waals surface area (Å²) in [7, 11) is 0. The van der Waals surface area contributed by atoms with E-state index < -0.39 is 6.61 Å². The zero-order valence-corrected chi connectivity index (χ0v) is 14.2. The molecule has 1 aliphatic heterocycles. The van der Waals surface area contributed by atoms with Gasteiger partial charge in [0.1, 0.15) is 5.75 Å². The standard InChI is InChI=1S/C17H22F2N2O2.ClH/c18-17(19)23-15-5-3-13(4-6-15)16(22)21-9-7-14(8-10-21)20-11-12-1-2-12;/h3-6,12,14,17,20H,1-2,7-11H2;1H. The molecule has 134 valence electrons. The number of hydrogen-bond acceptors (Lipinski definition) is 3. The van der Waals surface area contributed by atoms with Crippen LogP contribution in [0, 0.1) is 5.92 Å². The molecule has 0 atom stereocenters. The first kappa shape index (κ1) is 18.9. The molecule has 0 bridgehead atoms. The van der Waals surface area contributed by atoms with Crippen LogP contribution in [-0.4, -0.2) is 43.1 Å². The molecule has 1 aliphatic carbocycles. The molecule has 1 saturated heterocycles. The second kappa shape index (κ2) is 8.62. The number of ether oxygens (including phenoxy) is 1. The number of rotatable bonds is 6. The van der Waals surface area contributed by atoms with Gasteiger partial charge in [0.25, 0.3) is 5.91 Å². The minimum absolute atomic E-state index is 0. The molecule has 1 N–H and O–H groups in total. The average molecular weight is 361 g/mol. The van der Waals surface area contributed by atoms with Crippen molar-refractivity contribution in [1.29, 1.82) is 0 Å². The van der Waals surface area contributed by atoms with E-state index in [1.165, 1.54) is 37.1 Å². The molecule has 1 aromatic rings. The SMILES string of the molecule is Cl.O=C(c1ccc(OC(F)F)cc1)N1CCC(NCC2CC2)CC1. The summed E-state index contributed by atoms with van der Waals surface area (Å²) in [6, 6.07) is 6.39. The number of carbonyl (C=O) groups is 1. The molecule has 0 spiro atoms. The number of likely N-dealkylation sites (tertiary alicyclic amines) is 1. The van der Waals surface area contributed by atoms with Gasteiger partial charge >= 0.3 is 6.61 Å². The number of nitrogens with one attached hydrogen (secondary N) is 1. The molecule has 3 rings (SSSR count). The molecule has 1 heterocycles. The van der Waals surface area contributed by atoms with Gasteiger partial charge in [0, 0.05) is 24.7 Å². The highest BCUT2D eigenvalue weighted by Gasteiger charge is 2.26. The fourth-order valence-electron chi connectivity index (χ4n) is 2.90. The van der Waals surface area contributed by atoms with Crippen molar-refractivity contribution < 1.29 is 18.3 Å². The smallest absolute Gasteiger partial charge is 0.387 e. The third-order valence-electron chi connectivity index (χ3n) is 4.50. The monoisotopic (exact) mass is 360 g/mol. The van der Waals surface area contributed by atoms with Crippen molar-refractivity contribution in [2.75, 3.05) is 19.6 Å². The lowest BCUT2D eigenvalue weighted by Gasteiger charge is -2.32. The van der Waals surface area contributed by atoms with E-state index in [0.29, 0.717) is 11.6 Å². The molecule has 1 saturated carbocycles. The van der Waals surface area contributed by atoms with E-state index in [0.717, 1.165) is 38.4 Å². The highest BCUT2D eigenvalue weighted by molar-refractivity contribution is 5.94. The van der Waals surface area contributed by atoms with Crippen molar-refractivity contribution in [1.82, 2.24) is 10.2 Å². The zero-order chi connectivity index (χ0) is 16.2. The van der Waals surface area contributed by atoms with Crippen LogP contribution in [0.4, 0.5) is 8.78 Å². The largest absolute Gasteiger partial charge is 0.435 e. The number of amides is 1. The van der Waals surface area contributed by atoms with E-state index in [1.807, 2.05) is 4.90 Å². The fourth-order valence-corrected chi connectivity index (χ4v) is 2.90. The summed E-state index contributed by atoms with van der Waals surface area (Å²) < 4.78 is 28.5. The van der Waals surface area contributed by atoms with Crippen LogP contribution in [0.3, 0.4) is 0 Å². The number of nitrogens with zero attached hydrogens (tertiary/aromatic N) is 1. The highest BCUT2D eigenvalue weighted by Crippen LogP contribution is 2.28. The predicted molar refractivity (Wildman–Crippen MR) is 90.0 cm³/mol. The Labute approximate surface area is 147 Å². The van der Waals surface area contributed by atoms with Crippen LogP contribution in [0.2, 0.25) is 0 Å². The Bertz CT molecular complexity index is 530. The Morgan fingerprint density at radius 2 is 1.79 bits per heavy atom. The van der Waals surface area contributed by atoms with Gasteiger partial charge in [-0.05, 0) is 62.4 Å². The number of carbonyl (C=O) groups excluding carboxylic acids is 1. The molecule has 4 nitrogen and oxygen atoms in total. The van der Waals surface area contributed by atoms with E-state index in [2.05, 4.69) is 10.1 Å². The van der Waals surface area contributed by atoms with Crippen LogP contribution < -0.4 is 10.1 Å². The zero-order valence-electron chi connectivity index (χ0n) is 13.4. The van der Waals surface area contributed by atoms with Crippen LogP contribution in [0.5, 0.6) is 5.75 Å². The molecule has 0 aromatic heterocycles. The molecule has 0 radical (unpaired) electrons. The molecule has 7 heteroatoms. The van der Waals surface area contributed by atoms with Crippen LogP contribution in [0.25, 0.3) is 0 Å². The first-order valence-electron chi connectivity index (χ1n) is 8.19. The van der Waals surface area contributed by atoms with Crippen molar-refractivity contribution in [2.24, 2.45) is 5.92 Å². The Kier molecular flexibility index (Phi) is 6.80. The molecular formula is C17H23ClF2N2O2. The maximum absolute atomic E-state index is 12.4. The van der Waals surface area contributed by atoms with E-state index in [4.69, 9.17) is 0 Å². The number of hydrogen-bond donors (Lipinski definition) is 1. The third-order valence-corrected chi connectivity index (χ3v) is 4.50. The number of alkyl halides is 2. The van der Waals surface area contributed by atoms with Gasteiger partial charge < -0.3 is 15.0 Å². The highest BCUT2D eigenvalue weighted by atomic mass is 35.5. The van der Waals surface area contributed by atoms with Crippen molar-refractivity contribution >= 4 is 18.3 Å². The Balaban J connectivity index is 0.00000208. The minimum atomic E-state index is -2.85. The van der Waals surface area contributed by atoms with Crippen LogP contribution in [0.1, 0.15) is 36.0 Å². The van der Waals surface area contributed by atoms with E-state index in [9.17, 15) is 13.6 Å². The summed E-state index contributed by atoms with van der Waals surface area (Å²) in [5, 5.41) is 3.58. The van der Waals surface area contributed by atoms with Gasteiger partial charge in [0.15, 0.2) is 0 Å². The summed E-state index contributed by atoms with van der Waals surface area (Å²) in [4.78, 5) is 14.3. The number of piperidine rings is 1.